The predicted molar refractivity (Wildman–Crippen MR) is 43.2 cm³/mol. The molecule has 0 atom stereocenters. The largest absolute Gasteiger partial charge is 0.484 e. The van der Waals surface area contributed by atoms with Crippen LogP contribution in [0, 0.1) is 6.92 Å². The van der Waals surface area contributed by atoms with Gasteiger partial charge in [-0.25, -0.2) is 0 Å². The Morgan fingerprint density at radius 1 is 1.50 bits per heavy atom. The first kappa shape index (κ1) is 7.28. The van der Waals surface area contributed by atoms with E-state index in [2.05, 4.69) is 4.98 Å². The highest BCUT2D eigenvalue weighted by molar-refractivity contribution is 5.83. The molecule has 0 saturated carbocycles. The Morgan fingerprint density at radius 2 is 2.33 bits per heavy atom. The van der Waals surface area contributed by atoms with E-state index in [0.29, 0.717) is 6.42 Å². The summed E-state index contributed by atoms with van der Waals surface area (Å²) in [4.78, 5) is 15.2. The molecule has 0 unspecified atom stereocenters. The highest BCUT2D eigenvalue weighted by Gasteiger charge is 2.17. The highest BCUT2D eigenvalue weighted by atomic mass is 16.5. The van der Waals surface area contributed by atoms with Gasteiger partial charge in [0.15, 0.2) is 5.78 Å². The molecule has 0 aromatic carbocycles. The molecule has 0 aliphatic carbocycles. The molecule has 0 spiro atoms. The summed E-state index contributed by atoms with van der Waals surface area (Å²) in [6.07, 6.45) is 0.414. The number of aromatic nitrogens is 1. The van der Waals surface area contributed by atoms with Gasteiger partial charge in [-0.1, -0.05) is 0 Å². The Balaban J connectivity index is 2.44. The molecule has 1 aromatic heterocycles. The molecule has 0 fully saturated rings. The molecule has 0 N–H and O–H groups in total. The molecule has 0 radical (unpaired) electrons. The monoisotopic (exact) mass is 163 g/mol. The number of Topliss-reactive ketones (excluding diaryl/α,β-unsaturated/α-hetero) is 1. The number of ether oxygens (including phenoxy) is 1. The van der Waals surface area contributed by atoms with E-state index in [9.17, 15) is 4.79 Å². The molecule has 1 aliphatic heterocycles. The first-order valence-electron chi connectivity index (χ1n) is 3.87. The Hall–Kier alpha value is -1.38. The summed E-state index contributed by atoms with van der Waals surface area (Å²) in [5.74, 6) is 0.848. The fraction of sp³-hybridized carbons (Fsp3) is 0.333. The smallest absolute Gasteiger partial charge is 0.176 e. The van der Waals surface area contributed by atoms with E-state index in [-0.39, 0.29) is 12.4 Å². The zero-order chi connectivity index (χ0) is 8.55. The van der Waals surface area contributed by atoms with Crippen molar-refractivity contribution in [3.8, 4) is 5.75 Å². The number of nitrogens with zero attached hydrogens (tertiary/aromatic N) is 1. The third-order valence-corrected chi connectivity index (χ3v) is 1.82. The molecular weight excluding hydrogens is 154 g/mol. The number of carbonyl (C=O) groups excluding carboxylic acids is 1. The number of pyridine rings is 1. The van der Waals surface area contributed by atoms with Crippen LogP contribution in [-0.2, 0) is 11.2 Å². The van der Waals surface area contributed by atoms with Crippen molar-refractivity contribution in [3.05, 3.63) is 23.5 Å². The second-order valence-electron chi connectivity index (χ2n) is 2.90. The quantitative estimate of drug-likeness (QED) is 0.570. The molecular formula is C9H9NO2. The second kappa shape index (κ2) is 2.59. The molecule has 1 aromatic rings. The first-order valence-corrected chi connectivity index (χ1v) is 3.87. The van der Waals surface area contributed by atoms with Gasteiger partial charge in [-0.05, 0) is 19.1 Å². The van der Waals surface area contributed by atoms with Gasteiger partial charge in [0.2, 0.25) is 0 Å². The summed E-state index contributed by atoms with van der Waals surface area (Å²) in [6, 6.07) is 3.75. The fourth-order valence-corrected chi connectivity index (χ4v) is 1.25. The standard InChI is InChI=1S/C9H9NO2/c1-6-2-3-9-8(10-6)4-7(11)5-12-9/h2-3H,4-5H2,1H3. The van der Waals surface area contributed by atoms with Gasteiger partial charge < -0.3 is 4.74 Å². The Morgan fingerprint density at radius 3 is 3.17 bits per heavy atom. The van der Waals surface area contributed by atoms with E-state index in [1.165, 1.54) is 0 Å². The molecule has 2 rings (SSSR count). The third-order valence-electron chi connectivity index (χ3n) is 1.82. The van der Waals surface area contributed by atoms with E-state index < -0.39 is 0 Å². The maximum atomic E-state index is 11.0. The second-order valence-corrected chi connectivity index (χ2v) is 2.90. The van der Waals surface area contributed by atoms with Crippen LogP contribution >= 0.6 is 0 Å². The zero-order valence-corrected chi connectivity index (χ0v) is 6.83. The summed E-state index contributed by atoms with van der Waals surface area (Å²) in [7, 11) is 0. The lowest BCUT2D eigenvalue weighted by Gasteiger charge is -2.15. The van der Waals surface area contributed by atoms with Crippen LogP contribution in [0.3, 0.4) is 0 Å². The number of fused-ring (bicyclic) bond motifs is 1. The summed E-state index contributed by atoms with van der Waals surface area (Å²) >= 11 is 0. The van der Waals surface area contributed by atoms with E-state index in [1.807, 2.05) is 19.1 Å². The molecule has 0 bridgehead atoms. The van der Waals surface area contributed by atoms with Crippen LogP contribution < -0.4 is 4.74 Å². The topological polar surface area (TPSA) is 39.2 Å². The van der Waals surface area contributed by atoms with Crippen molar-refractivity contribution in [2.24, 2.45) is 0 Å². The molecule has 2 heterocycles. The lowest BCUT2D eigenvalue weighted by Crippen LogP contribution is -2.21. The van der Waals surface area contributed by atoms with E-state index >= 15 is 0 Å². The SMILES string of the molecule is Cc1ccc2c(n1)CC(=O)CO2. The lowest BCUT2D eigenvalue weighted by atomic mass is 10.1. The van der Waals surface area contributed by atoms with Crippen molar-refractivity contribution >= 4 is 5.78 Å². The third kappa shape index (κ3) is 1.18. The van der Waals surface area contributed by atoms with Gasteiger partial charge in [0.25, 0.3) is 0 Å². The molecule has 1 aliphatic rings. The van der Waals surface area contributed by atoms with E-state index in [4.69, 9.17) is 4.74 Å². The molecule has 0 saturated heterocycles. The molecule has 3 heteroatoms. The van der Waals surface area contributed by atoms with Gasteiger partial charge in [-0.3, -0.25) is 9.78 Å². The normalized spacial score (nSPS) is 15.2. The number of hydrogen-bond acceptors (Lipinski definition) is 3. The summed E-state index contributed by atoms with van der Waals surface area (Å²) in [5.41, 5.74) is 1.69. The van der Waals surface area contributed by atoms with Crippen molar-refractivity contribution in [1.82, 2.24) is 4.98 Å². The van der Waals surface area contributed by atoms with Gasteiger partial charge in [-0.2, -0.15) is 0 Å². The van der Waals surface area contributed by atoms with Crippen LogP contribution in [0.4, 0.5) is 0 Å². The number of ketones is 1. The van der Waals surface area contributed by atoms with Crippen molar-refractivity contribution < 1.29 is 9.53 Å². The van der Waals surface area contributed by atoms with Gasteiger partial charge in [0, 0.05) is 5.69 Å². The summed E-state index contributed by atoms with van der Waals surface area (Å²) in [6.45, 7) is 2.09. The minimum atomic E-state index is 0.0978. The Labute approximate surface area is 70.4 Å². The molecule has 62 valence electrons. The Bertz CT molecular complexity index is 333. The van der Waals surface area contributed by atoms with Crippen LogP contribution in [0.2, 0.25) is 0 Å². The number of rotatable bonds is 0. The van der Waals surface area contributed by atoms with Gasteiger partial charge in [-0.15, -0.1) is 0 Å². The van der Waals surface area contributed by atoms with Crippen molar-refractivity contribution in [3.63, 3.8) is 0 Å². The average molecular weight is 163 g/mol. The van der Waals surface area contributed by atoms with Crippen molar-refractivity contribution in [2.75, 3.05) is 6.61 Å². The lowest BCUT2D eigenvalue weighted by molar-refractivity contribution is -0.121. The number of hydrogen-bond donors (Lipinski definition) is 0. The molecule has 12 heavy (non-hydrogen) atoms. The minimum absolute atomic E-state index is 0.0978. The summed E-state index contributed by atoms with van der Waals surface area (Å²) < 4.78 is 5.18. The predicted octanol–water partition coefficient (Wildman–Crippen LogP) is 0.894. The van der Waals surface area contributed by atoms with Crippen LogP contribution in [0.15, 0.2) is 12.1 Å². The maximum Gasteiger partial charge on any atom is 0.176 e. The van der Waals surface area contributed by atoms with Crippen LogP contribution in [0.25, 0.3) is 0 Å². The van der Waals surface area contributed by atoms with Gasteiger partial charge in [0.1, 0.15) is 12.4 Å². The summed E-state index contributed by atoms with van der Waals surface area (Å²) in [5, 5.41) is 0. The molecule has 0 amide bonds. The minimum Gasteiger partial charge on any atom is -0.484 e. The van der Waals surface area contributed by atoms with Crippen LogP contribution in [-0.4, -0.2) is 17.4 Å². The highest BCUT2D eigenvalue weighted by Crippen LogP contribution is 2.20. The van der Waals surface area contributed by atoms with E-state index in [0.717, 1.165) is 17.1 Å². The number of carbonyl (C=O) groups is 1. The fourth-order valence-electron chi connectivity index (χ4n) is 1.25. The van der Waals surface area contributed by atoms with E-state index in [1.54, 1.807) is 0 Å². The van der Waals surface area contributed by atoms with Gasteiger partial charge in [0.05, 0.1) is 12.1 Å². The van der Waals surface area contributed by atoms with Gasteiger partial charge >= 0.3 is 0 Å². The first-order chi connectivity index (χ1) is 5.75. The van der Waals surface area contributed by atoms with Crippen LogP contribution in [0.1, 0.15) is 11.4 Å². The maximum absolute atomic E-state index is 11.0. The molecule has 3 nitrogen and oxygen atoms in total. The van der Waals surface area contributed by atoms with Crippen molar-refractivity contribution in [1.29, 1.82) is 0 Å². The van der Waals surface area contributed by atoms with Crippen molar-refractivity contribution in [2.45, 2.75) is 13.3 Å². The zero-order valence-electron chi connectivity index (χ0n) is 6.83. The van der Waals surface area contributed by atoms with Crippen LogP contribution in [0.5, 0.6) is 5.75 Å². The number of aryl methyl sites for hydroxylation is 1. The average Bonchev–Trinajstić information content (AvgIpc) is 2.03. The Kier molecular flexibility index (Phi) is 1.57.